The molecule has 4 heteroatoms. The largest absolute Gasteiger partial charge is 0.338 e. The fourth-order valence-corrected chi connectivity index (χ4v) is 1.60. The minimum Gasteiger partial charge on any atom is -0.338 e. The number of rotatable bonds is 7. The third kappa shape index (κ3) is 6.23. The van der Waals surface area contributed by atoms with E-state index in [2.05, 4.69) is 17.6 Å². The summed E-state index contributed by atoms with van der Waals surface area (Å²) in [7, 11) is 0. The first-order chi connectivity index (χ1) is 8.72. The molecule has 0 aliphatic rings. The van der Waals surface area contributed by atoms with Crippen molar-refractivity contribution in [2.45, 2.75) is 39.2 Å². The van der Waals surface area contributed by atoms with Gasteiger partial charge in [-0.2, -0.15) is 0 Å². The highest BCUT2D eigenvalue weighted by molar-refractivity contribution is 5.73. The molecule has 100 valence electrons. The number of hydrogen-bond acceptors (Lipinski definition) is 1. The van der Waals surface area contributed by atoms with Gasteiger partial charge in [-0.3, -0.25) is 0 Å². The average molecular weight is 252 g/mol. The Hall–Kier alpha value is -1.58. The summed E-state index contributed by atoms with van der Waals surface area (Å²) in [5.41, 5.74) is 0.887. The molecule has 0 spiro atoms. The molecular formula is C14H21FN2O. The zero-order valence-corrected chi connectivity index (χ0v) is 10.8. The van der Waals surface area contributed by atoms with E-state index in [1.54, 1.807) is 12.1 Å². The van der Waals surface area contributed by atoms with E-state index in [0.29, 0.717) is 13.1 Å². The molecule has 0 fully saturated rings. The summed E-state index contributed by atoms with van der Waals surface area (Å²) >= 11 is 0. The molecule has 0 saturated heterocycles. The molecule has 1 aromatic rings. The molecule has 0 aromatic heterocycles. The van der Waals surface area contributed by atoms with Crippen LogP contribution in [-0.2, 0) is 6.54 Å². The highest BCUT2D eigenvalue weighted by Crippen LogP contribution is 2.02. The van der Waals surface area contributed by atoms with Crippen LogP contribution in [0.25, 0.3) is 0 Å². The van der Waals surface area contributed by atoms with Gasteiger partial charge in [-0.05, 0) is 24.1 Å². The van der Waals surface area contributed by atoms with Crippen LogP contribution < -0.4 is 10.6 Å². The second-order valence-electron chi connectivity index (χ2n) is 4.30. The summed E-state index contributed by atoms with van der Waals surface area (Å²) < 4.78 is 12.7. The van der Waals surface area contributed by atoms with Crippen LogP contribution in [0.15, 0.2) is 24.3 Å². The van der Waals surface area contributed by atoms with Gasteiger partial charge in [0.05, 0.1) is 0 Å². The van der Waals surface area contributed by atoms with Crippen molar-refractivity contribution in [2.75, 3.05) is 6.54 Å². The number of unbranched alkanes of at least 4 members (excludes halogenated alkanes) is 3. The molecule has 0 radical (unpaired) electrons. The van der Waals surface area contributed by atoms with Crippen LogP contribution in [0.3, 0.4) is 0 Å². The number of carbonyl (C=O) groups excluding carboxylic acids is 1. The Bertz CT molecular complexity index is 351. The topological polar surface area (TPSA) is 41.1 Å². The van der Waals surface area contributed by atoms with Crippen LogP contribution in [0.4, 0.5) is 9.18 Å². The van der Waals surface area contributed by atoms with Gasteiger partial charge >= 0.3 is 6.03 Å². The Balaban J connectivity index is 2.11. The molecule has 0 aliphatic carbocycles. The van der Waals surface area contributed by atoms with Crippen molar-refractivity contribution in [3.05, 3.63) is 35.6 Å². The fourth-order valence-electron chi connectivity index (χ4n) is 1.60. The lowest BCUT2D eigenvalue weighted by molar-refractivity contribution is 0.240. The molecule has 0 unspecified atom stereocenters. The lowest BCUT2D eigenvalue weighted by atomic mass is 10.2. The zero-order valence-electron chi connectivity index (χ0n) is 10.8. The Labute approximate surface area is 108 Å². The van der Waals surface area contributed by atoms with Crippen LogP contribution in [-0.4, -0.2) is 12.6 Å². The highest BCUT2D eigenvalue weighted by atomic mass is 19.1. The van der Waals surface area contributed by atoms with Crippen LogP contribution in [0.1, 0.15) is 38.2 Å². The normalized spacial score (nSPS) is 10.1. The van der Waals surface area contributed by atoms with E-state index in [9.17, 15) is 9.18 Å². The van der Waals surface area contributed by atoms with Gasteiger partial charge in [0.15, 0.2) is 0 Å². The maximum Gasteiger partial charge on any atom is 0.315 e. The summed E-state index contributed by atoms with van der Waals surface area (Å²) in [6.07, 6.45) is 4.56. The van der Waals surface area contributed by atoms with E-state index < -0.39 is 0 Å². The standard InChI is InChI=1S/C14H21FN2O/c1-2-3-4-5-10-16-14(18)17-11-12-6-8-13(15)9-7-12/h6-9H,2-5,10-11H2,1H3,(H2,16,17,18). The summed E-state index contributed by atoms with van der Waals surface area (Å²) in [6, 6.07) is 5.93. The predicted molar refractivity (Wildman–Crippen MR) is 70.8 cm³/mol. The molecule has 2 amide bonds. The molecule has 2 N–H and O–H groups in total. The van der Waals surface area contributed by atoms with Crippen molar-refractivity contribution in [2.24, 2.45) is 0 Å². The second kappa shape index (κ2) is 8.50. The Morgan fingerprint density at radius 1 is 1.11 bits per heavy atom. The van der Waals surface area contributed by atoms with Crippen molar-refractivity contribution in [3.8, 4) is 0 Å². The van der Waals surface area contributed by atoms with Crippen molar-refractivity contribution in [1.82, 2.24) is 10.6 Å². The number of nitrogens with one attached hydrogen (secondary N) is 2. The molecule has 1 aromatic carbocycles. The van der Waals surface area contributed by atoms with Crippen molar-refractivity contribution >= 4 is 6.03 Å². The molecule has 18 heavy (non-hydrogen) atoms. The fraction of sp³-hybridized carbons (Fsp3) is 0.500. The lowest BCUT2D eigenvalue weighted by Gasteiger charge is -2.07. The summed E-state index contributed by atoms with van der Waals surface area (Å²) in [5.74, 6) is -0.265. The van der Waals surface area contributed by atoms with Gasteiger partial charge in [-0.25, -0.2) is 9.18 Å². The van der Waals surface area contributed by atoms with Crippen LogP contribution >= 0.6 is 0 Å². The molecule has 0 aliphatic heterocycles. The lowest BCUT2D eigenvalue weighted by Crippen LogP contribution is -2.35. The monoisotopic (exact) mass is 252 g/mol. The molecule has 3 nitrogen and oxygen atoms in total. The van der Waals surface area contributed by atoms with E-state index in [-0.39, 0.29) is 11.8 Å². The second-order valence-corrected chi connectivity index (χ2v) is 4.30. The number of amides is 2. The van der Waals surface area contributed by atoms with Crippen molar-refractivity contribution < 1.29 is 9.18 Å². The van der Waals surface area contributed by atoms with Gasteiger partial charge in [0.1, 0.15) is 5.82 Å². The number of halogens is 1. The molecule has 0 heterocycles. The van der Waals surface area contributed by atoms with Gasteiger partial charge in [-0.15, -0.1) is 0 Å². The first-order valence-corrected chi connectivity index (χ1v) is 6.48. The average Bonchev–Trinajstić information content (AvgIpc) is 2.38. The van der Waals surface area contributed by atoms with Crippen molar-refractivity contribution in [3.63, 3.8) is 0 Å². The Morgan fingerprint density at radius 3 is 2.50 bits per heavy atom. The summed E-state index contributed by atoms with van der Waals surface area (Å²) in [4.78, 5) is 11.4. The number of benzene rings is 1. The highest BCUT2D eigenvalue weighted by Gasteiger charge is 1.99. The Kier molecular flexibility index (Phi) is 6.84. The third-order valence-electron chi connectivity index (χ3n) is 2.68. The molecule has 0 atom stereocenters. The van der Waals surface area contributed by atoms with E-state index in [4.69, 9.17) is 0 Å². The van der Waals surface area contributed by atoms with E-state index in [0.717, 1.165) is 18.4 Å². The van der Waals surface area contributed by atoms with Gasteiger partial charge < -0.3 is 10.6 Å². The SMILES string of the molecule is CCCCCCNC(=O)NCc1ccc(F)cc1. The van der Waals surface area contributed by atoms with Gasteiger partial charge in [0, 0.05) is 13.1 Å². The molecule has 0 bridgehead atoms. The quantitative estimate of drug-likeness (QED) is 0.719. The number of carbonyl (C=O) groups is 1. The van der Waals surface area contributed by atoms with Gasteiger partial charge in [0.2, 0.25) is 0 Å². The molecule has 0 saturated carbocycles. The van der Waals surface area contributed by atoms with Crippen LogP contribution in [0.2, 0.25) is 0 Å². The van der Waals surface area contributed by atoms with Crippen LogP contribution in [0, 0.1) is 5.82 Å². The van der Waals surface area contributed by atoms with Gasteiger partial charge in [0.25, 0.3) is 0 Å². The Morgan fingerprint density at radius 2 is 1.83 bits per heavy atom. The van der Waals surface area contributed by atoms with Crippen LogP contribution in [0.5, 0.6) is 0 Å². The number of urea groups is 1. The maximum absolute atomic E-state index is 12.7. The summed E-state index contributed by atoms with van der Waals surface area (Å²) in [6.45, 7) is 3.28. The third-order valence-corrected chi connectivity index (χ3v) is 2.68. The number of hydrogen-bond donors (Lipinski definition) is 2. The first kappa shape index (κ1) is 14.5. The molecular weight excluding hydrogens is 231 g/mol. The van der Waals surface area contributed by atoms with Gasteiger partial charge in [-0.1, -0.05) is 38.3 Å². The van der Waals surface area contributed by atoms with E-state index >= 15 is 0 Å². The smallest absolute Gasteiger partial charge is 0.315 e. The van der Waals surface area contributed by atoms with E-state index in [1.807, 2.05) is 0 Å². The summed E-state index contributed by atoms with van der Waals surface area (Å²) in [5, 5.41) is 5.54. The maximum atomic E-state index is 12.7. The predicted octanol–water partition coefficient (Wildman–Crippen LogP) is 3.21. The van der Waals surface area contributed by atoms with E-state index in [1.165, 1.54) is 25.0 Å². The minimum atomic E-state index is -0.265. The minimum absolute atomic E-state index is 0.171. The van der Waals surface area contributed by atoms with Crippen molar-refractivity contribution in [1.29, 1.82) is 0 Å². The zero-order chi connectivity index (χ0) is 13.2. The first-order valence-electron chi connectivity index (χ1n) is 6.48. The molecule has 1 rings (SSSR count).